The molecule has 1 saturated heterocycles. The maximum Gasteiger partial charge on any atom is 0.211 e. The summed E-state index contributed by atoms with van der Waals surface area (Å²) in [5.41, 5.74) is 2.81. The Balaban J connectivity index is 1.41. The molecule has 4 heterocycles. The quantitative estimate of drug-likeness (QED) is 0.287. The molecule has 0 amide bonds. The summed E-state index contributed by atoms with van der Waals surface area (Å²) < 4.78 is 39.6. The third kappa shape index (κ3) is 4.41. The van der Waals surface area contributed by atoms with Gasteiger partial charge in [-0.05, 0) is 57.8 Å². The van der Waals surface area contributed by atoms with Crippen LogP contribution in [0.5, 0.6) is 11.5 Å². The standard InChI is InChI=1S/C29H33N5O4S/c1-20-7-5-9-29(17-20,26-18-30-19-32-26)39(35,36)28-27-21-15-24(37-2)25(16-23(21)33-22(27)8-10-31-28)38-14-6-13-34-11-3-4-12-34/h5,7-8,10,15-19,33H,3-4,6,9,11-14H2,1-2H3,(H,30,32). The minimum absolute atomic E-state index is 0.0153. The van der Waals surface area contributed by atoms with Gasteiger partial charge in [-0.15, -0.1) is 0 Å². The van der Waals surface area contributed by atoms with Crippen LogP contribution in [0, 0.1) is 0 Å². The van der Waals surface area contributed by atoms with Crippen molar-refractivity contribution in [2.24, 2.45) is 0 Å². The number of fused-ring (bicyclic) bond motifs is 3. The van der Waals surface area contributed by atoms with Crippen molar-refractivity contribution in [2.75, 3.05) is 33.4 Å². The fourth-order valence-electron chi connectivity index (χ4n) is 5.85. The van der Waals surface area contributed by atoms with Crippen molar-refractivity contribution in [2.45, 2.75) is 42.4 Å². The number of nitrogens with zero attached hydrogens (tertiary/aromatic N) is 3. The van der Waals surface area contributed by atoms with Crippen molar-refractivity contribution >= 4 is 31.6 Å². The van der Waals surface area contributed by atoms with Crippen LogP contribution in [-0.4, -0.2) is 66.6 Å². The number of ether oxygens (including phenoxy) is 2. The molecule has 1 atom stereocenters. The summed E-state index contributed by atoms with van der Waals surface area (Å²) in [6.07, 6.45) is 14.0. The molecular weight excluding hydrogens is 514 g/mol. The average Bonchev–Trinajstić information content (AvgIpc) is 3.71. The normalized spacial score (nSPS) is 20.1. The van der Waals surface area contributed by atoms with Gasteiger partial charge < -0.3 is 24.3 Å². The molecular formula is C29H33N5O4S. The lowest BCUT2D eigenvalue weighted by molar-refractivity contribution is 0.254. The lowest BCUT2D eigenvalue weighted by atomic mass is 9.93. The van der Waals surface area contributed by atoms with Crippen molar-refractivity contribution in [3.8, 4) is 11.5 Å². The molecule has 3 aromatic heterocycles. The molecule has 1 aliphatic heterocycles. The van der Waals surface area contributed by atoms with Crippen LogP contribution in [0.25, 0.3) is 21.8 Å². The number of hydrogen-bond donors (Lipinski definition) is 2. The maximum absolute atomic E-state index is 14.6. The van der Waals surface area contributed by atoms with Crippen LogP contribution >= 0.6 is 0 Å². The summed E-state index contributed by atoms with van der Waals surface area (Å²) >= 11 is 0. The van der Waals surface area contributed by atoms with E-state index >= 15 is 0 Å². The highest BCUT2D eigenvalue weighted by Gasteiger charge is 2.47. The highest BCUT2D eigenvalue weighted by Crippen LogP contribution is 2.45. The van der Waals surface area contributed by atoms with Gasteiger partial charge in [-0.1, -0.05) is 23.8 Å². The number of nitrogens with one attached hydrogen (secondary N) is 2. The van der Waals surface area contributed by atoms with Crippen LogP contribution in [0.2, 0.25) is 0 Å². The molecule has 0 bridgehead atoms. The molecule has 0 spiro atoms. The Morgan fingerprint density at radius 1 is 1.15 bits per heavy atom. The van der Waals surface area contributed by atoms with Crippen LogP contribution in [0.4, 0.5) is 0 Å². The first kappa shape index (κ1) is 25.6. The zero-order valence-corrected chi connectivity index (χ0v) is 23.1. The summed E-state index contributed by atoms with van der Waals surface area (Å²) in [4.78, 5) is 17.5. The van der Waals surface area contributed by atoms with Crippen molar-refractivity contribution < 1.29 is 17.9 Å². The minimum Gasteiger partial charge on any atom is -0.493 e. The molecule has 1 fully saturated rings. The Morgan fingerprint density at radius 2 is 2.00 bits per heavy atom. The molecule has 204 valence electrons. The Labute approximate surface area is 227 Å². The van der Waals surface area contributed by atoms with Crippen molar-refractivity contribution in [1.82, 2.24) is 24.8 Å². The molecule has 6 rings (SSSR count). The van der Waals surface area contributed by atoms with E-state index in [1.54, 1.807) is 25.4 Å². The second-order valence-electron chi connectivity index (χ2n) is 10.3. The molecule has 0 saturated carbocycles. The van der Waals surface area contributed by atoms with E-state index in [2.05, 4.69) is 24.8 Å². The zero-order valence-electron chi connectivity index (χ0n) is 22.2. The number of H-pyrrole nitrogens is 2. The Morgan fingerprint density at radius 3 is 2.74 bits per heavy atom. The fourth-order valence-corrected chi connectivity index (χ4v) is 7.94. The first-order valence-electron chi connectivity index (χ1n) is 13.4. The van der Waals surface area contributed by atoms with Gasteiger partial charge in [0.1, 0.15) is 4.75 Å². The van der Waals surface area contributed by atoms with Gasteiger partial charge in [0.05, 0.1) is 36.8 Å². The van der Waals surface area contributed by atoms with Gasteiger partial charge in [0.2, 0.25) is 9.84 Å². The monoisotopic (exact) mass is 547 g/mol. The zero-order chi connectivity index (χ0) is 27.0. The first-order chi connectivity index (χ1) is 18.9. The van der Waals surface area contributed by atoms with Gasteiger partial charge in [0.15, 0.2) is 16.5 Å². The summed E-state index contributed by atoms with van der Waals surface area (Å²) in [5, 5.41) is 1.26. The Bertz CT molecular complexity index is 1670. The number of imidazole rings is 1. The minimum atomic E-state index is -4.03. The van der Waals surface area contributed by atoms with Gasteiger partial charge in [0, 0.05) is 35.8 Å². The van der Waals surface area contributed by atoms with Crippen molar-refractivity contribution in [3.05, 3.63) is 66.4 Å². The van der Waals surface area contributed by atoms with E-state index in [0.717, 1.165) is 37.1 Å². The van der Waals surface area contributed by atoms with Crippen LogP contribution in [0.3, 0.4) is 0 Å². The van der Waals surface area contributed by atoms with Gasteiger partial charge in [0.25, 0.3) is 0 Å². The van der Waals surface area contributed by atoms with E-state index in [1.165, 1.54) is 25.4 Å². The SMILES string of the molecule is COc1cc2c(cc1OCCCN1CCCC1)[nH]c1ccnc(S(=O)(=O)C3(c4cnc[nH]4)C=C(C)C=CC3)c12. The third-order valence-electron chi connectivity index (χ3n) is 7.78. The molecule has 39 heavy (non-hydrogen) atoms. The van der Waals surface area contributed by atoms with Gasteiger partial charge in [-0.2, -0.15) is 0 Å². The third-order valence-corrected chi connectivity index (χ3v) is 10.1. The second kappa shape index (κ2) is 10.2. The molecule has 1 unspecified atom stereocenters. The number of sulfone groups is 1. The van der Waals surface area contributed by atoms with E-state index in [4.69, 9.17) is 9.47 Å². The summed E-state index contributed by atoms with van der Waals surface area (Å²) in [6.45, 7) is 5.82. The number of hydrogen-bond acceptors (Lipinski definition) is 7. The fraction of sp³-hybridized carbons (Fsp3) is 0.379. The number of pyridine rings is 1. The number of aromatic nitrogens is 4. The predicted molar refractivity (Wildman–Crippen MR) is 151 cm³/mol. The van der Waals surface area contributed by atoms with E-state index in [9.17, 15) is 8.42 Å². The number of benzene rings is 1. The summed E-state index contributed by atoms with van der Waals surface area (Å²) in [5.74, 6) is 1.18. The summed E-state index contributed by atoms with van der Waals surface area (Å²) in [7, 11) is -2.43. The predicted octanol–water partition coefficient (Wildman–Crippen LogP) is 4.89. The molecule has 10 heteroatoms. The largest absolute Gasteiger partial charge is 0.493 e. The molecule has 9 nitrogen and oxygen atoms in total. The molecule has 0 radical (unpaired) electrons. The number of aromatic amines is 2. The Kier molecular flexibility index (Phi) is 6.68. The second-order valence-corrected chi connectivity index (χ2v) is 12.4. The van der Waals surface area contributed by atoms with E-state index in [0.29, 0.717) is 40.1 Å². The van der Waals surface area contributed by atoms with Crippen LogP contribution in [0.15, 0.2) is 65.7 Å². The lowest BCUT2D eigenvalue weighted by Crippen LogP contribution is -2.36. The Hall–Kier alpha value is -3.63. The molecule has 2 N–H and O–H groups in total. The summed E-state index contributed by atoms with van der Waals surface area (Å²) in [6, 6.07) is 5.52. The molecule has 1 aromatic carbocycles. The van der Waals surface area contributed by atoms with E-state index in [1.807, 2.05) is 31.2 Å². The first-order valence-corrected chi connectivity index (χ1v) is 14.8. The molecule has 4 aromatic rings. The van der Waals surface area contributed by atoms with Gasteiger partial charge in [-0.25, -0.2) is 18.4 Å². The number of likely N-dealkylation sites (tertiary alicyclic amines) is 1. The highest BCUT2D eigenvalue weighted by atomic mass is 32.2. The maximum atomic E-state index is 14.6. The molecule has 2 aliphatic rings. The number of methoxy groups -OCH3 is 1. The number of allylic oxidation sites excluding steroid dienone is 3. The van der Waals surface area contributed by atoms with Crippen LogP contribution in [0.1, 0.15) is 38.3 Å². The topological polar surface area (TPSA) is 113 Å². The van der Waals surface area contributed by atoms with Crippen molar-refractivity contribution in [3.63, 3.8) is 0 Å². The molecule has 1 aliphatic carbocycles. The lowest BCUT2D eigenvalue weighted by Gasteiger charge is -2.30. The van der Waals surface area contributed by atoms with Gasteiger partial charge in [-0.3, -0.25) is 0 Å². The van der Waals surface area contributed by atoms with E-state index in [-0.39, 0.29) is 11.4 Å². The highest BCUT2D eigenvalue weighted by molar-refractivity contribution is 7.92. The van der Waals surface area contributed by atoms with E-state index < -0.39 is 14.6 Å². The average molecular weight is 548 g/mol. The smallest absolute Gasteiger partial charge is 0.211 e. The van der Waals surface area contributed by atoms with Crippen LogP contribution in [-0.2, 0) is 14.6 Å². The number of rotatable bonds is 9. The van der Waals surface area contributed by atoms with Crippen LogP contribution < -0.4 is 9.47 Å². The van der Waals surface area contributed by atoms with Crippen molar-refractivity contribution in [1.29, 1.82) is 0 Å². The van der Waals surface area contributed by atoms with Gasteiger partial charge >= 0.3 is 0 Å².